The molecule has 5 nitrogen and oxygen atoms in total. The highest BCUT2D eigenvalue weighted by Crippen LogP contribution is 2.22. The summed E-state index contributed by atoms with van der Waals surface area (Å²) < 4.78 is 2.12. The van der Waals surface area contributed by atoms with Gasteiger partial charge in [0.1, 0.15) is 5.82 Å². The van der Waals surface area contributed by atoms with E-state index in [0.29, 0.717) is 0 Å². The Bertz CT molecular complexity index is 840. The Kier molecular flexibility index (Phi) is 4.93. The second-order valence-electron chi connectivity index (χ2n) is 6.18. The molecule has 0 aliphatic carbocycles. The van der Waals surface area contributed by atoms with E-state index in [2.05, 4.69) is 26.8 Å². The van der Waals surface area contributed by atoms with Crippen LogP contribution in [0.25, 0.3) is 0 Å². The van der Waals surface area contributed by atoms with Crippen LogP contribution >= 0.6 is 0 Å². The number of pyridine rings is 1. The SMILES string of the molecule is Cc1nccn1[C@@H](C)c1ccc(NC(=O)[C@@H](C)c2cccnc2)cc1. The summed E-state index contributed by atoms with van der Waals surface area (Å²) in [5.74, 6) is 0.690. The van der Waals surface area contributed by atoms with Crippen LogP contribution in [0.4, 0.5) is 5.69 Å². The molecule has 2 heterocycles. The number of benzene rings is 1. The smallest absolute Gasteiger partial charge is 0.231 e. The number of aryl methyl sites for hydroxylation is 1. The van der Waals surface area contributed by atoms with Crippen LogP contribution in [0.5, 0.6) is 0 Å². The van der Waals surface area contributed by atoms with Gasteiger partial charge in [-0.2, -0.15) is 0 Å². The molecule has 2 aromatic heterocycles. The number of carbonyl (C=O) groups is 1. The summed E-state index contributed by atoms with van der Waals surface area (Å²) in [5, 5.41) is 2.97. The van der Waals surface area contributed by atoms with E-state index >= 15 is 0 Å². The monoisotopic (exact) mass is 334 g/mol. The predicted molar refractivity (Wildman–Crippen MR) is 98.5 cm³/mol. The van der Waals surface area contributed by atoms with E-state index in [1.54, 1.807) is 18.6 Å². The van der Waals surface area contributed by atoms with Crippen LogP contribution in [0.2, 0.25) is 0 Å². The molecule has 0 bridgehead atoms. The Labute approximate surface area is 147 Å². The highest BCUT2D eigenvalue weighted by atomic mass is 16.1. The summed E-state index contributed by atoms with van der Waals surface area (Å²) >= 11 is 0. The number of nitrogens with one attached hydrogen (secondary N) is 1. The van der Waals surface area contributed by atoms with E-state index in [4.69, 9.17) is 0 Å². The van der Waals surface area contributed by atoms with E-state index < -0.39 is 0 Å². The van der Waals surface area contributed by atoms with Crippen LogP contribution in [0.15, 0.2) is 61.2 Å². The lowest BCUT2D eigenvalue weighted by Crippen LogP contribution is -2.19. The Morgan fingerprint density at radius 1 is 1.08 bits per heavy atom. The number of hydrogen-bond donors (Lipinski definition) is 1. The highest BCUT2D eigenvalue weighted by molar-refractivity contribution is 5.95. The Hall–Kier alpha value is -2.95. The molecule has 0 fully saturated rings. The van der Waals surface area contributed by atoms with Gasteiger partial charge >= 0.3 is 0 Å². The van der Waals surface area contributed by atoms with Crippen molar-refractivity contribution in [2.45, 2.75) is 32.7 Å². The number of carbonyl (C=O) groups excluding carboxylic acids is 1. The first kappa shape index (κ1) is 16.9. The van der Waals surface area contributed by atoms with Gasteiger partial charge in [0.15, 0.2) is 0 Å². The zero-order valence-corrected chi connectivity index (χ0v) is 14.7. The fraction of sp³-hybridized carbons (Fsp3) is 0.250. The molecule has 1 aromatic carbocycles. The minimum atomic E-state index is -0.249. The fourth-order valence-corrected chi connectivity index (χ4v) is 2.84. The lowest BCUT2D eigenvalue weighted by atomic mass is 10.0. The molecule has 0 unspecified atom stereocenters. The van der Waals surface area contributed by atoms with Gasteiger partial charge in [-0.25, -0.2) is 4.98 Å². The fourth-order valence-electron chi connectivity index (χ4n) is 2.84. The van der Waals surface area contributed by atoms with Crippen molar-refractivity contribution in [1.82, 2.24) is 14.5 Å². The van der Waals surface area contributed by atoms with Crippen molar-refractivity contribution in [3.8, 4) is 0 Å². The second-order valence-corrected chi connectivity index (χ2v) is 6.18. The maximum absolute atomic E-state index is 12.4. The van der Waals surface area contributed by atoms with Gasteiger partial charge in [0.2, 0.25) is 5.91 Å². The molecule has 0 aliphatic heterocycles. The van der Waals surface area contributed by atoms with Crippen molar-refractivity contribution < 1.29 is 4.79 Å². The molecule has 0 spiro atoms. The maximum atomic E-state index is 12.4. The largest absolute Gasteiger partial charge is 0.328 e. The van der Waals surface area contributed by atoms with Crippen LogP contribution in [-0.2, 0) is 4.79 Å². The van der Waals surface area contributed by atoms with Gasteiger partial charge in [0.05, 0.1) is 12.0 Å². The van der Waals surface area contributed by atoms with Crippen molar-refractivity contribution in [1.29, 1.82) is 0 Å². The maximum Gasteiger partial charge on any atom is 0.231 e. The first-order chi connectivity index (χ1) is 12.1. The lowest BCUT2D eigenvalue weighted by molar-refractivity contribution is -0.117. The molecular formula is C20H22N4O. The Morgan fingerprint density at radius 3 is 2.44 bits per heavy atom. The molecule has 2 atom stereocenters. The normalized spacial score (nSPS) is 13.2. The first-order valence-corrected chi connectivity index (χ1v) is 8.36. The first-order valence-electron chi connectivity index (χ1n) is 8.36. The number of rotatable bonds is 5. The molecule has 128 valence electrons. The van der Waals surface area contributed by atoms with Crippen LogP contribution < -0.4 is 5.32 Å². The molecule has 0 saturated heterocycles. The number of anilines is 1. The third kappa shape index (κ3) is 3.76. The van der Waals surface area contributed by atoms with Crippen LogP contribution in [0.1, 0.15) is 42.8 Å². The third-order valence-corrected chi connectivity index (χ3v) is 4.52. The van der Waals surface area contributed by atoms with Gasteiger partial charge in [-0.05, 0) is 50.1 Å². The molecule has 0 aliphatic rings. The van der Waals surface area contributed by atoms with E-state index in [9.17, 15) is 4.79 Å². The number of aromatic nitrogens is 3. The Balaban J connectivity index is 1.68. The number of imidazole rings is 1. The lowest BCUT2D eigenvalue weighted by Gasteiger charge is -2.17. The highest BCUT2D eigenvalue weighted by Gasteiger charge is 2.16. The average Bonchev–Trinajstić information content (AvgIpc) is 3.07. The molecule has 1 amide bonds. The van der Waals surface area contributed by atoms with Crippen molar-refractivity contribution in [2.24, 2.45) is 0 Å². The van der Waals surface area contributed by atoms with Crippen molar-refractivity contribution in [2.75, 3.05) is 5.32 Å². The van der Waals surface area contributed by atoms with Crippen LogP contribution in [-0.4, -0.2) is 20.4 Å². The molecule has 5 heteroatoms. The van der Waals surface area contributed by atoms with Crippen molar-refractivity contribution >= 4 is 11.6 Å². The van der Waals surface area contributed by atoms with E-state index in [0.717, 1.165) is 17.1 Å². The minimum absolute atomic E-state index is 0.0424. The molecule has 0 saturated carbocycles. The zero-order valence-electron chi connectivity index (χ0n) is 14.7. The molecule has 3 rings (SSSR count). The molecule has 0 radical (unpaired) electrons. The van der Waals surface area contributed by atoms with E-state index in [-0.39, 0.29) is 17.9 Å². The summed E-state index contributed by atoms with van der Waals surface area (Å²) in [4.78, 5) is 20.8. The van der Waals surface area contributed by atoms with E-state index in [1.807, 2.05) is 56.4 Å². The molecule has 1 N–H and O–H groups in total. The summed E-state index contributed by atoms with van der Waals surface area (Å²) in [7, 11) is 0. The zero-order chi connectivity index (χ0) is 17.8. The van der Waals surface area contributed by atoms with Gasteiger partial charge in [0, 0.05) is 30.5 Å². The quantitative estimate of drug-likeness (QED) is 0.769. The van der Waals surface area contributed by atoms with Gasteiger partial charge in [-0.15, -0.1) is 0 Å². The molecule has 25 heavy (non-hydrogen) atoms. The summed E-state index contributed by atoms with van der Waals surface area (Å²) in [5.41, 5.74) is 2.86. The summed E-state index contributed by atoms with van der Waals surface area (Å²) in [6.45, 7) is 6.00. The van der Waals surface area contributed by atoms with Crippen LogP contribution in [0.3, 0.4) is 0 Å². The number of amides is 1. The van der Waals surface area contributed by atoms with Gasteiger partial charge in [-0.3, -0.25) is 9.78 Å². The second kappa shape index (κ2) is 7.30. The van der Waals surface area contributed by atoms with Gasteiger partial charge in [0.25, 0.3) is 0 Å². The van der Waals surface area contributed by atoms with E-state index in [1.165, 1.54) is 5.56 Å². The minimum Gasteiger partial charge on any atom is -0.328 e. The van der Waals surface area contributed by atoms with Crippen molar-refractivity contribution in [3.63, 3.8) is 0 Å². The van der Waals surface area contributed by atoms with Gasteiger partial charge < -0.3 is 9.88 Å². The Morgan fingerprint density at radius 2 is 1.84 bits per heavy atom. The average molecular weight is 334 g/mol. The topological polar surface area (TPSA) is 59.8 Å². The van der Waals surface area contributed by atoms with Crippen molar-refractivity contribution in [3.05, 3.63) is 78.1 Å². The third-order valence-electron chi connectivity index (χ3n) is 4.52. The standard InChI is InChI=1S/C20H22N4O/c1-14(18-5-4-10-21-13-18)20(25)23-19-8-6-17(7-9-19)15(2)24-12-11-22-16(24)3/h4-15H,1-3H3,(H,23,25)/t14-,15-/m0/s1. The summed E-state index contributed by atoms with van der Waals surface area (Å²) in [6.07, 6.45) is 7.21. The molecular weight excluding hydrogens is 312 g/mol. The predicted octanol–water partition coefficient (Wildman–Crippen LogP) is 3.94. The summed E-state index contributed by atoms with van der Waals surface area (Å²) in [6, 6.07) is 11.9. The number of nitrogens with zero attached hydrogens (tertiary/aromatic N) is 3. The number of hydrogen-bond acceptors (Lipinski definition) is 3. The van der Waals surface area contributed by atoms with Crippen LogP contribution in [0, 0.1) is 6.92 Å². The van der Waals surface area contributed by atoms with Gasteiger partial charge in [-0.1, -0.05) is 18.2 Å². The molecule has 3 aromatic rings.